The van der Waals surface area contributed by atoms with Crippen LogP contribution >= 0.6 is 0 Å². The molecule has 1 atom stereocenters. The number of hydrogen-bond donors (Lipinski definition) is 2. The maximum absolute atomic E-state index is 9.16. The second kappa shape index (κ2) is 6.43. The maximum Gasteiger partial charge on any atom is 0.0701 e. The van der Waals surface area contributed by atoms with Crippen molar-refractivity contribution in [1.82, 2.24) is 0 Å². The first kappa shape index (κ1) is 12.0. The van der Waals surface area contributed by atoms with Gasteiger partial charge in [0.1, 0.15) is 0 Å². The molecule has 84 valence electrons. The molecule has 0 fully saturated rings. The first-order valence-corrected chi connectivity index (χ1v) is 5.26. The predicted molar refractivity (Wildman–Crippen MR) is 61.9 cm³/mol. The Kier molecular flexibility index (Phi) is 5.15. The summed E-state index contributed by atoms with van der Waals surface area (Å²) < 4.78 is 5.12. The third kappa shape index (κ3) is 3.53. The van der Waals surface area contributed by atoms with Crippen molar-refractivity contribution in [2.45, 2.75) is 26.0 Å². The molecule has 1 rings (SSSR count). The Morgan fingerprint density at radius 1 is 1.40 bits per heavy atom. The van der Waals surface area contributed by atoms with Gasteiger partial charge in [-0.3, -0.25) is 0 Å². The highest BCUT2D eigenvalue weighted by Crippen LogP contribution is 2.16. The summed E-state index contributed by atoms with van der Waals surface area (Å²) in [6.07, 6.45) is 0.994. The van der Waals surface area contributed by atoms with Crippen LogP contribution in [0.15, 0.2) is 24.3 Å². The van der Waals surface area contributed by atoms with E-state index in [1.165, 1.54) is 0 Å². The number of hydrogen-bond acceptors (Lipinski definition) is 3. The van der Waals surface area contributed by atoms with E-state index in [4.69, 9.17) is 9.84 Å². The van der Waals surface area contributed by atoms with Gasteiger partial charge in [0.15, 0.2) is 0 Å². The molecule has 0 saturated heterocycles. The summed E-state index contributed by atoms with van der Waals surface area (Å²) in [6, 6.07) is 8.07. The summed E-state index contributed by atoms with van der Waals surface area (Å²) in [5.41, 5.74) is 1.91. The average molecular weight is 209 g/mol. The number of benzene rings is 1. The fourth-order valence-corrected chi connectivity index (χ4v) is 1.48. The Balaban J connectivity index is 2.69. The monoisotopic (exact) mass is 209 g/mol. The van der Waals surface area contributed by atoms with E-state index < -0.39 is 0 Å². The summed E-state index contributed by atoms with van der Waals surface area (Å²) in [5.74, 6) is 0. The number of para-hydroxylation sites is 1. The quantitative estimate of drug-likeness (QED) is 0.753. The van der Waals surface area contributed by atoms with Gasteiger partial charge in [0.25, 0.3) is 0 Å². The van der Waals surface area contributed by atoms with Gasteiger partial charge in [-0.15, -0.1) is 0 Å². The average Bonchev–Trinajstić information content (AvgIpc) is 2.29. The summed E-state index contributed by atoms with van der Waals surface area (Å²) >= 11 is 0. The molecular formula is C12H19NO2. The molecule has 1 aromatic rings. The molecule has 0 aliphatic carbocycles. The van der Waals surface area contributed by atoms with Crippen LogP contribution in [0.25, 0.3) is 0 Å². The molecule has 0 aromatic heterocycles. The molecule has 3 heteroatoms. The maximum atomic E-state index is 9.16. The van der Waals surface area contributed by atoms with Crippen molar-refractivity contribution >= 4 is 5.69 Å². The molecule has 0 spiro atoms. The van der Waals surface area contributed by atoms with Crippen LogP contribution in [0.4, 0.5) is 5.69 Å². The summed E-state index contributed by atoms with van der Waals surface area (Å²) in [6.45, 7) is 2.85. The predicted octanol–water partition coefficient (Wildman–Crippen LogP) is 2.02. The van der Waals surface area contributed by atoms with Crippen LogP contribution in [0.5, 0.6) is 0 Å². The third-order valence-electron chi connectivity index (χ3n) is 2.41. The van der Waals surface area contributed by atoms with E-state index >= 15 is 0 Å². The minimum atomic E-state index is 0.0621. The van der Waals surface area contributed by atoms with Gasteiger partial charge in [0.05, 0.1) is 13.2 Å². The molecule has 15 heavy (non-hydrogen) atoms. The first-order valence-electron chi connectivity index (χ1n) is 5.26. The van der Waals surface area contributed by atoms with Crippen molar-refractivity contribution in [3.8, 4) is 0 Å². The van der Waals surface area contributed by atoms with Gasteiger partial charge in [-0.1, -0.05) is 25.1 Å². The molecule has 0 amide bonds. The van der Waals surface area contributed by atoms with Crippen molar-refractivity contribution in [1.29, 1.82) is 0 Å². The van der Waals surface area contributed by atoms with Gasteiger partial charge in [0, 0.05) is 24.4 Å². The molecule has 0 radical (unpaired) electrons. The summed E-state index contributed by atoms with van der Waals surface area (Å²) in [7, 11) is 1.70. The fraction of sp³-hybridized carbons (Fsp3) is 0.500. The first-order chi connectivity index (χ1) is 7.31. The van der Waals surface area contributed by atoms with Crippen LogP contribution in [-0.2, 0) is 11.3 Å². The third-order valence-corrected chi connectivity index (χ3v) is 2.41. The van der Waals surface area contributed by atoms with E-state index in [-0.39, 0.29) is 6.61 Å². The lowest BCUT2D eigenvalue weighted by molar-refractivity contribution is 0.184. The highest BCUT2D eigenvalue weighted by molar-refractivity contribution is 5.51. The lowest BCUT2D eigenvalue weighted by Gasteiger charge is -2.19. The van der Waals surface area contributed by atoms with E-state index in [2.05, 4.69) is 12.2 Å². The molecule has 0 saturated carbocycles. The lowest BCUT2D eigenvalue weighted by atomic mass is 10.1. The Bertz CT molecular complexity index is 289. The van der Waals surface area contributed by atoms with E-state index in [1.807, 2.05) is 24.3 Å². The van der Waals surface area contributed by atoms with Gasteiger partial charge in [-0.05, 0) is 12.5 Å². The van der Waals surface area contributed by atoms with Crippen LogP contribution in [0.2, 0.25) is 0 Å². The number of aliphatic hydroxyl groups excluding tert-OH is 1. The molecule has 1 aromatic carbocycles. The zero-order valence-corrected chi connectivity index (χ0v) is 9.36. The van der Waals surface area contributed by atoms with Crippen LogP contribution in [0, 0.1) is 0 Å². The van der Waals surface area contributed by atoms with Crippen molar-refractivity contribution < 1.29 is 9.84 Å². The Labute approximate surface area is 91.1 Å². The molecule has 0 bridgehead atoms. The van der Waals surface area contributed by atoms with Gasteiger partial charge in [-0.2, -0.15) is 0 Å². The lowest BCUT2D eigenvalue weighted by Crippen LogP contribution is -2.24. The fourth-order valence-electron chi connectivity index (χ4n) is 1.48. The van der Waals surface area contributed by atoms with E-state index in [9.17, 15) is 0 Å². The zero-order valence-electron chi connectivity index (χ0n) is 9.36. The van der Waals surface area contributed by atoms with Crippen molar-refractivity contribution in [2.24, 2.45) is 0 Å². The summed E-state index contributed by atoms with van der Waals surface area (Å²) in [4.78, 5) is 0. The number of rotatable bonds is 6. The van der Waals surface area contributed by atoms with Crippen molar-refractivity contribution in [3.05, 3.63) is 29.8 Å². The van der Waals surface area contributed by atoms with Gasteiger partial charge in [0.2, 0.25) is 0 Å². The Morgan fingerprint density at radius 2 is 2.13 bits per heavy atom. The second-order valence-electron chi connectivity index (χ2n) is 3.52. The topological polar surface area (TPSA) is 41.5 Å². The molecule has 0 heterocycles. The zero-order chi connectivity index (χ0) is 11.1. The van der Waals surface area contributed by atoms with E-state index in [0.29, 0.717) is 12.6 Å². The van der Waals surface area contributed by atoms with Crippen LogP contribution in [0.1, 0.15) is 18.9 Å². The molecule has 0 aliphatic heterocycles. The number of methoxy groups -OCH3 is 1. The highest BCUT2D eigenvalue weighted by atomic mass is 16.5. The van der Waals surface area contributed by atoms with Gasteiger partial charge < -0.3 is 15.2 Å². The minimum Gasteiger partial charge on any atom is -0.392 e. The Morgan fingerprint density at radius 3 is 2.73 bits per heavy atom. The molecule has 1 unspecified atom stereocenters. The van der Waals surface area contributed by atoms with Gasteiger partial charge in [-0.25, -0.2) is 0 Å². The largest absolute Gasteiger partial charge is 0.392 e. The second-order valence-corrected chi connectivity index (χ2v) is 3.52. The minimum absolute atomic E-state index is 0.0621. The number of anilines is 1. The van der Waals surface area contributed by atoms with Crippen molar-refractivity contribution in [2.75, 3.05) is 19.0 Å². The number of aliphatic hydroxyl groups is 1. The van der Waals surface area contributed by atoms with E-state index in [1.54, 1.807) is 7.11 Å². The molecular weight excluding hydrogens is 190 g/mol. The molecule has 2 N–H and O–H groups in total. The van der Waals surface area contributed by atoms with Crippen LogP contribution in [-0.4, -0.2) is 24.9 Å². The Hall–Kier alpha value is -1.06. The van der Waals surface area contributed by atoms with Crippen LogP contribution < -0.4 is 5.32 Å². The normalized spacial score (nSPS) is 12.5. The smallest absolute Gasteiger partial charge is 0.0701 e. The molecule has 3 nitrogen and oxygen atoms in total. The van der Waals surface area contributed by atoms with Crippen LogP contribution in [0.3, 0.4) is 0 Å². The van der Waals surface area contributed by atoms with E-state index in [0.717, 1.165) is 17.7 Å². The summed E-state index contributed by atoms with van der Waals surface area (Å²) in [5, 5.41) is 12.5. The number of nitrogens with one attached hydrogen (secondary N) is 1. The highest BCUT2D eigenvalue weighted by Gasteiger charge is 2.07. The molecule has 0 aliphatic rings. The SMILES string of the molecule is CCC(COC)Nc1ccccc1CO. The van der Waals surface area contributed by atoms with Crippen molar-refractivity contribution in [3.63, 3.8) is 0 Å². The standard InChI is InChI=1S/C12H19NO2/c1-3-11(9-15-2)13-12-7-5-4-6-10(12)8-14/h4-7,11,13-14H,3,8-9H2,1-2H3. The van der Waals surface area contributed by atoms with Gasteiger partial charge >= 0.3 is 0 Å². The number of ether oxygens (including phenoxy) is 1.